The number of hydrogen-bond acceptors (Lipinski definition) is 3. The van der Waals surface area contributed by atoms with Crippen molar-refractivity contribution in [2.75, 3.05) is 13.1 Å². The average molecular weight is 260 g/mol. The molecule has 1 fully saturated rings. The monoisotopic (exact) mass is 260 g/mol. The molecule has 4 heteroatoms. The highest BCUT2D eigenvalue weighted by Gasteiger charge is 2.46. The lowest BCUT2D eigenvalue weighted by Gasteiger charge is -2.46. The van der Waals surface area contributed by atoms with Gasteiger partial charge >= 0.3 is 0 Å². The summed E-state index contributed by atoms with van der Waals surface area (Å²) < 4.78 is 0. The summed E-state index contributed by atoms with van der Waals surface area (Å²) in [5, 5.41) is 9.14. The Morgan fingerprint density at radius 3 is 2.42 bits per heavy atom. The fraction of sp³-hybridized carbons (Fsp3) is 0.667. The van der Waals surface area contributed by atoms with E-state index in [4.69, 9.17) is 5.26 Å². The second-order valence-electron chi connectivity index (χ2n) is 6.43. The first-order valence-electron chi connectivity index (χ1n) is 6.73. The van der Waals surface area contributed by atoms with Crippen LogP contribution >= 0.6 is 0 Å². The number of nitriles is 1. The third-order valence-corrected chi connectivity index (χ3v) is 4.43. The maximum atomic E-state index is 12.1. The maximum absolute atomic E-state index is 12.1. The minimum absolute atomic E-state index is 0.0466. The molecule has 0 aromatic carbocycles. The highest BCUT2D eigenvalue weighted by molar-refractivity contribution is 6.03. The van der Waals surface area contributed by atoms with Crippen LogP contribution in [-0.4, -0.2) is 29.7 Å². The van der Waals surface area contributed by atoms with Crippen LogP contribution in [-0.2, 0) is 9.59 Å². The van der Waals surface area contributed by atoms with Crippen molar-refractivity contribution < 1.29 is 9.59 Å². The first-order valence-corrected chi connectivity index (χ1v) is 6.73. The lowest BCUT2D eigenvalue weighted by atomic mass is 9.61. The van der Waals surface area contributed by atoms with Crippen molar-refractivity contribution >= 4 is 11.7 Å². The molecule has 102 valence electrons. The molecule has 1 heterocycles. The molecule has 0 unspecified atom stereocenters. The molecule has 1 aliphatic heterocycles. The molecule has 1 saturated heterocycles. The largest absolute Gasteiger partial charge is 0.343 e. The van der Waals surface area contributed by atoms with Crippen molar-refractivity contribution in [3.63, 3.8) is 0 Å². The molecule has 0 radical (unpaired) electrons. The SMILES string of the molecule is CC(=O)N1CCC2(C=C(C#N)C(=O)C(C)(C)C2)CC1. The lowest BCUT2D eigenvalue weighted by molar-refractivity contribution is -0.132. The van der Waals surface area contributed by atoms with Crippen molar-refractivity contribution in [1.29, 1.82) is 5.26 Å². The molecule has 4 nitrogen and oxygen atoms in total. The highest BCUT2D eigenvalue weighted by Crippen LogP contribution is 2.48. The van der Waals surface area contributed by atoms with E-state index in [0.717, 1.165) is 32.4 Å². The van der Waals surface area contributed by atoms with E-state index in [1.54, 1.807) is 6.92 Å². The molecule has 0 aromatic heterocycles. The van der Waals surface area contributed by atoms with Gasteiger partial charge in [0.25, 0.3) is 0 Å². The number of amides is 1. The van der Waals surface area contributed by atoms with E-state index in [2.05, 4.69) is 0 Å². The summed E-state index contributed by atoms with van der Waals surface area (Å²) in [6.45, 7) is 6.85. The first kappa shape index (κ1) is 13.8. The van der Waals surface area contributed by atoms with Crippen molar-refractivity contribution in [3.05, 3.63) is 11.6 Å². The first-order chi connectivity index (χ1) is 8.80. The van der Waals surface area contributed by atoms with Crippen molar-refractivity contribution in [3.8, 4) is 6.07 Å². The van der Waals surface area contributed by atoms with Crippen LogP contribution in [0, 0.1) is 22.2 Å². The summed E-state index contributed by atoms with van der Waals surface area (Å²) in [6.07, 6.45) is 4.33. The number of carbonyl (C=O) groups is 2. The fourth-order valence-electron chi connectivity index (χ4n) is 3.42. The van der Waals surface area contributed by atoms with Gasteiger partial charge in [-0.3, -0.25) is 9.59 Å². The van der Waals surface area contributed by atoms with Gasteiger partial charge in [-0.1, -0.05) is 19.9 Å². The van der Waals surface area contributed by atoms with Crippen LogP contribution in [0.1, 0.15) is 40.0 Å². The predicted molar refractivity (Wildman–Crippen MR) is 71.0 cm³/mol. The lowest BCUT2D eigenvalue weighted by Crippen LogP contribution is -2.46. The summed E-state index contributed by atoms with van der Waals surface area (Å²) in [5.74, 6) is 0.0557. The second kappa shape index (κ2) is 4.48. The molecule has 0 bridgehead atoms. The van der Waals surface area contributed by atoms with Crippen LogP contribution in [0.15, 0.2) is 11.6 Å². The summed E-state index contributed by atoms with van der Waals surface area (Å²) in [5.41, 5.74) is -0.264. The van der Waals surface area contributed by atoms with Crippen LogP contribution < -0.4 is 0 Å². The molecular formula is C15H20N2O2. The zero-order valence-electron chi connectivity index (χ0n) is 11.8. The van der Waals surface area contributed by atoms with Gasteiger partial charge in [-0.15, -0.1) is 0 Å². The van der Waals surface area contributed by atoms with Crippen LogP contribution in [0.4, 0.5) is 0 Å². The van der Waals surface area contributed by atoms with Gasteiger partial charge in [-0.05, 0) is 24.7 Å². The summed E-state index contributed by atoms with van der Waals surface area (Å²) in [7, 11) is 0. The third-order valence-electron chi connectivity index (χ3n) is 4.43. The molecule has 1 aliphatic carbocycles. The molecule has 0 N–H and O–H groups in total. The van der Waals surface area contributed by atoms with E-state index >= 15 is 0 Å². The molecule has 1 amide bonds. The van der Waals surface area contributed by atoms with Gasteiger partial charge in [0.1, 0.15) is 6.07 Å². The van der Waals surface area contributed by atoms with Crippen LogP contribution in [0.5, 0.6) is 0 Å². The van der Waals surface area contributed by atoms with Crippen molar-refractivity contribution in [2.24, 2.45) is 10.8 Å². The standard InChI is InChI=1S/C15H20N2O2/c1-11(18)17-6-4-15(5-7-17)8-12(9-16)13(19)14(2,3)10-15/h8H,4-7,10H2,1-3H3. The van der Waals surface area contributed by atoms with Crippen molar-refractivity contribution in [2.45, 2.75) is 40.0 Å². The van der Waals surface area contributed by atoms with E-state index in [0.29, 0.717) is 5.57 Å². The highest BCUT2D eigenvalue weighted by atomic mass is 16.2. The Bertz CT molecular complexity index is 489. The normalized spacial score (nSPS) is 24.8. The van der Waals surface area contributed by atoms with Crippen molar-refractivity contribution in [1.82, 2.24) is 4.90 Å². The van der Waals surface area contributed by atoms with Gasteiger partial charge < -0.3 is 4.90 Å². The zero-order valence-corrected chi connectivity index (χ0v) is 11.8. The molecule has 0 saturated carbocycles. The van der Waals surface area contributed by atoms with Gasteiger partial charge in [0.05, 0.1) is 5.57 Å². The molecule has 2 aliphatic rings. The molecule has 1 spiro atoms. The number of Topliss-reactive ketones (excluding diaryl/α,β-unsaturated/α-hetero) is 1. The number of ketones is 1. The molecule has 0 aromatic rings. The Kier molecular flexibility index (Phi) is 3.25. The Morgan fingerprint density at radius 2 is 1.95 bits per heavy atom. The van der Waals surface area contributed by atoms with Gasteiger partial charge in [-0.25, -0.2) is 0 Å². The molecule has 0 atom stereocenters. The van der Waals surface area contributed by atoms with E-state index in [9.17, 15) is 9.59 Å². The summed E-state index contributed by atoms with van der Waals surface area (Å²) in [6, 6.07) is 2.05. The van der Waals surface area contributed by atoms with E-state index < -0.39 is 5.41 Å². The van der Waals surface area contributed by atoms with Crippen LogP contribution in [0.2, 0.25) is 0 Å². The molecular weight excluding hydrogens is 240 g/mol. The summed E-state index contributed by atoms with van der Waals surface area (Å²) >= 11 is 0. The fourth-order valence-corrected chi connectivity index (χ4v) is 3.42. The minimum Gasteiger partial charge on any atom is -0.343 e. The molecule has 2 rings (SSSR count). The zero-order chi connectivity index (χ0) is 14.3. The second-order valence-corrected chi connectivity index (χ2v) is 6.43. The van der Waals surface area contributed by atoms with E-state index in [1.807, 2.05) is 30.9 Å². The number of piperidine rings is 1. The van der Waals surface area contributed by atoms with Crippen LogP contribution in [0.25, 0.3) is 0 Å². The Labute approximate surface area is 114 Å². The van der Waals surface area contributed by atoms with Gasteiger partial charge in [0.15, 0.2) is 5.78 Å². The Balaban J connectivity index is 2.27. The minimum atomic E-state index is -0.474. The van der Waals surface area contributed by atoms with E-state index in [-0.39, 0.29) is 17.1 Å². The average Bonchev–Trinajstić information content (AvgIpc) is 2.34. The number of rotatable bonds is 0. The van der Waals surface area contributed by atoms with Gasteiger partial charge in [0, 0.05) is 25.4 Å². The number of hydrogen-bond donors (Lipinski definition) is 0. The Hall–Kier alpha value is -1.63. The number of carbonyl (C=O) groups excluding carboxylic acids is 2. The maximum Gasteiger partial charge on any atom is 0.219 e. The number of likely N-dealkylation sites (tertiary alicyclic amines) is 1. The summed E-state index contributed by atoms with van der Waals surface area (Å²) in [4.78, 5) is 25.3. The Morgan fingerprint density at radius 1 is 1.37 bits per heavy atom. The topological polar surface area (TPSA) is 61.2 Å². The van der Waals surface area contributed by atoms with E-state index in [1.165, 1.54) is 0 Å². The van der Waals surface area contributed by atoms with Gasteiger partial charge in [-0.2, -0.15) is 5.26 Å². The van der Waals surface area contributed by atoms with Crippen LogP contribution in [0.3, 0.4) is 0 Å². The smallest absolute Gasteiger partial charge is 0.219 e. The third kappa shape index (κ3) is 2.42. The quantitative estimate of drug-likeness (QED) is 0.669. The predicted octanol–water partition coefficient (Wildman–Crippen LogP) is 2.06. The number of nitrogens with zero attached hydrogens (tertiary/aromatic N) is 2. The molecule has 19 heavy (non-hydrogen) atoms. The van der Waals surface area contributed by atoms with Gasteiger partial charge in [0.2, 0.25) is 5.91 Å². The number of allylic oxidation sites excluding steroid dienone is 2.